The fraction of sp³-hybridized carbons (Fsp3) is 0.702. The van der Waals surface area contributed by atoms with Gasteiger partial charge >= 0.3 is 12.1 Å². The maximum absolute atomic E-state index is 15.1. The van der Waals surface area contributed by atoms with Crippen LogP contribution >= 0.6 is 23.5 Å². The number of halogens is 1. The van der Waals surface area contributed by atoms with E-state index in [1.54, 1.807) is 35.3 Å². The number of likely N-dealkylation sites (N-methyl/N-ethyl adjacent to an activating group) is 1. The highest BCUT2D eigenvalue weighted by atomic mass is 32.2. The maximum Gasteiger partial charge on any atom is 0.410 e. The van der Waals surface area contributed by atoms with Crippen LogP contribution in [0.2, 0.25) is 0 Å². The van der Waals surface area contributed by atoms with Crippen molar-refractivity contribution in [2.24, 2.45) is 17.8 Å². The number of nitrogens with one attached hydrogen (secondary N) is 1. The molecule has 5 heterocycles. The van der Waals surface area contributed by atoms with Gasteiger partial charge in [0.05, 0.1) is 35.6 Å². The average Bonchev–Trinajstić information content (AvgIpc) is 4.05. The molecule has 0 saturated carbocycles. The standard InChI is InChI=1S/C46H70N8O9S.CH3FS/c1-11-37-46(7)40(54(44(58)63-46)18-13-12-17-53-25-35(50-51-53)31-15-14-16-32(47)20-31)30(5)49-23-27(2)22-45(6,59-10)41(62-43-39(56)36(52(8)9)19-28(3)60-43)29(4)38(55)34(42(57)61-37)21-33-24-48-26-64-33;1-3-2/h14-16,20,24-30,34,36-37,39-41,43,49,56H,11-13,17-19,21-23,47H2,1-10H3;1H3/t27-,28?,29+,30-,34-,36?,37-,39?,40-,41-,43+,45-,46-;/m1./s1. The number of aliphatic hydroxyl groups is 1. The molecule has 20 heteroatoms. The molecule has 0 aliphatic carbocycles. The van der Waals surface area contributed by atoms with Crippen LogP contribution in [0.25, 0.3) is 11.3 Å². The first kappa shape index (κ1) is 54.2. The molecule has 3 fully saturated rings. The second kappa shape index (κ2) is 24.2. The Morgan fingerprint density at radius 2 is 1.85 bits per heavy atom. The highest BCUT2D eigenvalue weighted by Crippen LogP contribution is 2.41. The number of methoxy groups -OCH3 is 1. The molecule has 0 bridgehead atoms. The monoisotopic (exact) mass is 976 g/mol. The SMILES string of the molecule is CC[C@H]1OC(=O)[C@H](Cc2cncs2)C(=O)[C@H](C)[C@@H](O[C@@H]2OC(C)CC(N(C)C)C2O)[C@](C)(OC)C[C@@H](C)CN[C@H](C)[C@H]2N(CCCCn3cc(-c4cccc(N)c4)nn3)C(=O)O[C@]12C.CSF. The minimum atomic E-state index is -1.28. The van der Waals surface area contributed by atoms with Gasteiger partial charge in [-0.15, -0.1) is 16.4 Å². The smallest absolute Gasteiger partial charge is 0.410 e. The van der Waals surface area contributed by atoms with Crippen molar-refractivity contribution < 1.29 is 47.1 Å². The number of aromatic nitrogens is 4. The molecule has 17 nitrogen and oxygen atoms in total. The van der Waals surface area contributed by atoms with E-state index in [1.165, 1.54) is 17.6 Å². The topological polar surface area (TPSA) is 206 Å². The van der Waals surface area contributed by atoms with Gasteiger partial charge < -0.3 is 44.7 Å². The number of fused-ring (bicyclic) bond motifs is 1. The van der Waals surface area contributed by atoms with Crippen molar-refractivity contribution >= 4 is 47.0 Å². The van der Waals surface area contributed by atoms with Crippen molar-refractivity contribution in [2.45, 2.75) is 154 Å². The van der Waals surface area contributed by atoms with Gasteiger partial charge in [-0.25, -0.2) is 4.79 Å². The number of aliphatic hydroxyl groups excluding tert-OH is 1. The van der Waals surface area contributed by atoms with E-state index >= 15 is 4.79 Å². The van der Waals surface area contributed by atoms with Gasteiger partial charge in [0.25, 0.3) is 0 Å². The van der Waals surface area contributed by atoms with E-state index in [2.05, 4.69) is 27.5 Å². The maximum atomic E-state index is 15.1. The number of carbonyl (C=O) groups is 3. The first-order valence-corrected chi connectivity index (χ1v) is 25.3. The lowest BCUT2D eigenvalue weighted by Gasteiger charge is -2.46. The fourth-order valence-electron chi connectivity index (χ4n) is 10.1. The number of aryl methyl sites for hydroxylation is 1. The van der Waals surface area contributed by atoms with Crippen molar-refractivity contribution in [2.75, 3.05) is 46.3 Å². The second-order valence-electron chi connectivity index (χ2n) is 18.9. The summed E-state index contributed by atoms with van der Waals surface area (Å²) in [6, 6.07) is 6.37. The van der Waals surface area contributed by atoms with Crippen LogP contribution in [0.4, 0.5) is 14.4 Å². The van der Waals surface area contributed by atoms with Crippen LogP contribution in [0.15, 0.2) is 42.2 Å². The van der Waals surface area contributed by atoms with Gasteiger partial charge in [-0.3, -0.25) is 24.2 Å². The second-order valence-corrected chi connectivity index (χ2v) is 20.2. The van der Waals surface area contributed by atoms with Crippen LogP contribution in [0, 0.1) is 17.8 Å². The van der Waals surface area contributed by atoms with Crippen molar-refractivity contribution in [3.05, 3.63) is 47.0 Å². The normalized spacial score (nSPS) is 33.3. The number of Topliss-reactive ketones (excluding diaryl/α,β-unsaturated/α-hetero) is 1. The molecule has 6 rings (SSSR count). The number of hydrogen-bond acceptors (Lipinski definition) is 17. The van der Waals surface area contributed by atoms with Crippen LogP contribution in [0.3, 0.4) is 0 Å². The fourth-order valence-corrected chi connectivity index (χ4v) is 10.7. The zero-order valence-corrected chi connectivity index (χ0v) is 42.6. The van der Waals surface area contributed by atoms with E-state index < -0.39 is 71.5 Å². The lowest BCUT2D eigenvalue weighted by molar-refractivity contribution is -0.295. The molecule has 1 aromatic carbocycles. The Morgan fingerprint density at radius 3 is 2.49 bits per heavy atom. The third-order valence-electron chi connectivity index (χ3n) is 13.6. The van der Waals surface area contributed by atoms with Gasteiger partial charge in [0.1, 0.15) is 23.8 Å². The van der Waals surface area contributed by atoms with Gasteiger partial charge in [-0.2, -0.15) is 3.89 Å². The first-order valence-electron chi connectivity index (χ1n) is 23.3. The number of esters is 1. The number of unbranched alkanes of at least 4 members (excludes halogenated alkanes) is 1. The van der Waals surface area contributed by atoms with E-state index in [-0.39, 0.29) is 42.7 Å². The number of amides is 1. The Balaban J connectivity index is 0.00000273. The van der Waals surface area contributed by atoms with Crippen LogP contribution in [-0.4, -0.2) is 153 Å². The molecular weight excluding hydrogens is 904 g/mol. The van der Waals surface area contributed by atoms with Crippen LogP contribution in [0.1, 0.15) is 85.4 Å². The van der Waals surface area contributed by atoms with E-state index in [4.69, 9.17) is 29.4 Å². The summed E-state index contributed by atoms with van der Waals surface area (Å²) in [5, 5.41) is 24.0. The number of carbonyl (C=O) groups excluding carboxylic acids is 3. The van der Waals surface area contributed by atoms with Gasteiger partial charge in [-0.1, -0.05) is 38.1 Å². The van der Waals surface area contributed by atoms with Crippen molar-refractivity contribution in [3.8, 4) is 11.3 Å². The average molecular weight is 977 g/mol. The number of rotatable bonds is 13. The number of cyclic esters (lactones) is 1. The number of hydrogen-bond donors (Lipinski definition) is 3. The van der Waals surface area contributed by atoms with Gasteiger partial charge in [0, 0.05) is 85.4 Å². The Hall–Kier alpha value is -3.76. The minimum absolute atomic E-state index is 0.0398. The van der Waals surface area contributed by atoms with E-state index in [0.717, 1.165) is 16.1 Å². The highest BCUT2D eigenvalue weighted by molar-refractivity contribution is 7.93. The van der Waals surface area contributed by atoms with Crippen molar-refractivity contribution in [1.82, 2.24) is 35.1 Å². The molecule has 13 atom stereocenters. The Bertz CT molecular complexity index is 2050. The zero-order chi connectivity index (χ0) is 49.2. The quantitative estimate of drug-likeness (QED) is 0.0755. The molecular formula is C47H73FN8O9S2. The molecule has 1 amide bonds. The molecule has 2 aromatic heterocycles. The molecule has 0 spiro atoms. The van der Waals surface area contributed by atoms with Gasteiger partial charge in [-0.05, 0) is 98.5 Å². The summed E-state index contributed by atoms with van der Waals surface area (Å²) in [6.45, 7) is 14.9. The molecule has 374 valence electrons. The van der Waals surface area contributed by atoms with Crippen LogP contribution in [0.5, 0.6) is 0 Å². The predicted molar refractivity (Wildman–Crippen MR) is 257 cm³/mol. The molecule has 3 aromatic rings. The predicted octanol–water partition coefficient (Wildman–Crippen LogP) is 6.20. The van der Waals surface area contributed by atoms with Crippen molar-refractivity contribution in [3.63, 3.8) is 0 Å². The number of thiazole rings is 1. The van der Waals surface area contributed by atoms with E-state index in [0.29, 0.717) is 57.4 Å². The summed E-state index contributed by atoms with van der Waals surface area (Å²) >= 11 is 1.59. The summed E-state index contributed by atoms with van der Waals surface area (Å²) in [6.07, 6.45) is 2.99. The third-order valence-corrected chi connectivity index (χ3v) is 14.4. The number of nitrogen functional groups attached to an aromatic ring is 1. The zero-order valence-electron chi connectivity index (χ0n) is 40.9. The molecule has 67 heavy (non-hydrogen) atoms. The van der Waals surface area contributed by atoms with E-state index in [1.807, 2.05) is 84.1 Å². The third kappa shape index (κ3) is 13.1. The molecule has 3 aliphatic heterocycles. The summed E-state index contributed by atoms with van der Waals surface area (Å²) in [7, 11) is 5.40. The van der Waals surface area contributed by atoms with E-state index in [9.17, 15) is 18.6 Å². The van der Waals surface area contributed by atoms with Crippen LogP contribution in [-0.2, 0) is 46.2 Å². The molecule has 4 N–H and O–H groups in total. The summed E-state index contributed by atoms with van der Waals surface area (Å²) in [4.78, 5) is 52.5. The summed E-state index contributed by atoms with van der Waals surface area (Å²) < 4.78 is 44.1. The molecule has 3 saturated heterocycles. The van der Waals surface area contributed by atoms with Gasteiger partial charge in [0.15, 0.2) is 17.7 Å². The first-order chi connectivity index (χ1) is 31.8. The number of benzene rings is 1. The largest absolute Gasteiger partial charge is 0.457 e. The molecule has 0 radical (unpaired) electrons. The number of anilines is 1. The Morgan fingerprint density at radius 1 is 1.13 bits per heavy atom. The lowest BCUT2D eigenvalue weighted by atomic mass is 9.77. The molecule has 3 unspecified atom stereocenters. The van der Waals surface area contributed by atoms with Gasteiger partial charge in [0.2, 0.25) is 0 Å². The summed E-state index contributed by atoms with van der Waals surface area (Å²) in [5.41, 5.74) is 7.53. The number of nitrogens with two attached hydrogens (primary N) is 1. The lowest BCUT2D eigenvalue weighted by Crippen LogP contribution is -2.61. The summed E-state index contributed by atoms with van der Waals surface area (Å²) in [5.74, 6) is -3.35. The number of ether oxygens (including phenoxy) is 5. The minimum Gasteiger partial charge on any atom is -0.457 e. The number of nitrogens with zero attached hydrogens (tertiary/aromatic N) is 6. The van der Waals surface area contributed by atoms with Crippen molar-refractivity contribution in [1.29, 1.82) is 0 Å². The van der Waals surface area contributed by atoms with Crippen LogP contribution < -0.4 is 11.1 Å². The number of ketones is 1. The Kier molecular flexibility index (Phi) is 19.6. The molecule has 3 aliphatic rings. The Labute approximate surface area is 403 Å². The highest BCUT2D eigenvalue weighted by Gasteiger charge is 2.59.